The Morgan fingerprint density at radius 2 is 2.00 bits per heavy atom. The molecule has 2 atom stereocenters. The first-order valence-corrected chi connectivity index (χ1v) is 4.68. The quantitative estimate of drug-likeness (QED) is 0.441. The predicted molar refractivity (Wildman–Crippen MR) is 51.1 cm³/mol. The summed E-state index contributed by atoms with van der Waals surface area (Å²) in [5.41, 5.74) is -0.448. The summed E-state index contributed by atoms with van der Waals surface area (Å²) in [6.45, 7) is 2.96. The van der Waals surface area contributed by atoms with Gasteiger partial charge in [-0.25, -0.2) is 0 Å². The van der Waals surface area contributed by atoms with Gasteiger partial charge >= 0.3 is 0 Å². The van der Waals surface area contributed by atoms with Crippen LogP contribution in [-0.4, -0.2) is 38.6 Å². The lowest BCUT2D eigenvalue weighted by molar-refractivity contribution is -0.107. The molecule has 0 amide bonds. The van der Waals surface area contributed by atoms with E-state index in [1.165, 1.54) is 6.08 Å². The first-order valence-electron chi connectivity index (χ1n) is 3.80. The number of carbonyl (C=O) groups excluding carboxylic acids is 1. The third-order valence-corrected chi connectivity index (χ3v) is 2.07. The summed E-state index contributed by atoms with van der Waals surface area (Å²) < 4.78 is 0. The fraction of sp³-hybridized carbons (Fsp3) is 0.625. The molecule has 0 rings (SSSR count). The van der Waals surface area contributed by atoms with Gasteiger partial charge in [0.2, 0.25) is 5.12 Å². The van der Waals surface area contributed by atoms with Gasteiger partial charge in [-0.1, -0.05) is 5.57 Å². The van der Waals surface area contributed by atoms with Crippen LogP contribution in [0.15, 0.2) is 11.6 Å². The van der Waals surface area contributed by atoms with Gasteiger partial charge in [0.25, 0.3) is 0 Å². The number of hydrogen-bond acceptors (Lipinski definition) is 5. The van der Waals surface area contributed by atoms with Crippen LogP contribution in [0.4, 0.5) is 0 Å². The fourth-order valence-electron chi connectivity index (χ4n) is 0.557. The molecule has 0 heterocycles. The van der Waals surface area contributed by atoms with Crippen molar-refractivity contribution in [3.63, 3.8) is 0 Å². The van der Waals surface area contributed by atoms with Gasteiger partial charge < -0.3 is 15.3 Å². The summed E-state index contributed by atoms with van der Waals surface area (Å²) >= 11 is 0.591. The number of aliphatic hydroxyl groups excluding tert-OH is 3. The zero-order valence-corrected chi connectivity index (χ0v) is 8.41. The highest BCUT2D eigenvalue weighted by Crippen LogP contribution is 2.14. The van der Waals surface area contributed by atoms with Gasteiger partial charge in [0.15, 0.2) is 0 Å². The number of thioether (sulfide) groups is 1. The van der Waals surface area contributed by atoms with Gasteiger partial charge in [0, 0.05) is 0 Å². The Kier molecular flexibility index (Phi) is 5.98. The Morgan fingerprint density at radius 1 is 1.46 bits per heavy atom. The summed E-state index contributed by atoms with van der Waals surface area (Å²) in [7, 11) is 0. The van der Waals surface area contributed by atoms with Crippen molar-refractivity contribution < 1.29 is 20.1 Å². The lowest BCUT2D eigenvalue weighted by Crippen LogP contribution is -2.27. The topological polar surface area (TPSA) is 77.8 Å². The van der Waals surface area contributed by atoms with Crippen LogP contribution < -0.4 is 0 Å². The van der Waals surface area contributed by atoms with Crippen molar-refractivity contribution in [3.8, 4) is 0 Å². The van der Waals surface area contributed by atoms with E-state index in [1.54, 1.807) is 13.8 Å². The molecule has 13 heavy (non-hydrogen) atoms. The van der Waals surface area contributed by atoms with Crippen LogP contribution in [-0.2, 0) is 4.79 Å². The molecule has 0 aromatic heterocycles. The van der Waals surface area contributed by atoms with Crippen LogP contribution >= 0.6 is 11.8 Å². The van der Waals surface area contributed by atoms with Crippen molar-refractivity contribution in [2.45, 2.75) is 25.4 Å². The first kappa shape index (κ1) is 12.6. The van der Waals surface area contributed by atoms with E-state index < -0.39 is 18.1 Å². The largest absolute Gasteiger partial charge is 0.394 e. The van der Waals surface area contributed by atoms with Gasteiger partial charge in [-0.3, -0.25) is 4.79 Å². The molecule has 0 aromatic carbocycles. The molecule has 0 saturated heterocycles. The van der Waals surface area contributed by atoms with Crippen molar-refractivity contribution >= 4 is 16.9 Å². The van der Waals surface area contributed by atoms with Crippen molar-refractivity contribution in [3.05, 3.63) is 11.6 Å². The lowest BCUT2D eigenvalue weighted by atomic mass is 10.3. The minimum absolute atomic E-state index is 0.333. The molecule has 4 nitrogen and oxygen atoms in total. The summed E-state index contributed by atoms with van der Waals surface area (Å²) in [6, 6.07) is 0. The van der Waals surface area contributed by atoms with Gasteiger partial charge in [-0.05, 0) is 31.7 Å². The minimum Gasteiger partial charge on any atom is -0.394 e. The molecule has 0 radical (unpaired) electrons. The van der Waals surface area contributed by atoms with Crippen LogP contribution in [0, 0.1) is 0 Å². The smallest absolute Gasteiger partial charge is 0.214 e. The van der Waals surface area contributed by atoms with E-state index in [1.807, 2.05) is 0 Å². The van der Waals surface area contributed by atoms with Crippen molar-refractivity contribution in [2.24, 2.45) is 0 Å². The summed E-state index contributed by atoms with van der Waals surface area (Å²) in [4.78, 5) is 11.0. The Labute approximate surface area is 81.3 Å². The van der Waals surface area contributed by atoms with Gasteiger partial charge in [0.1, 0.15) is 11.5 Å². The van der Waals surface area contributed by atoms with Crippen LogP contribution in [0.2, 0.25) is 0 Å². The second-order valence-electron chi connectivity index (χ2n) is 2.80. The van der Waals surface area contributed by atoms with Crippen molar-refractivity contribution in [1.29, 1.82) is 0 Å². The monoisotopic (exact) mass is 206 g/mol. The molecule has 0 aliphatic carbocycles. The average Bonchev–Trinajstić information content (AvgIpc) is 2.01. The normalized spacial score (nSPS) is 14.8. The molecule has 5 heteroatoms. The minimum atomic E-state index is -1.28. The van der Waals surface area contributed by atoms with Gasteiger partial charge in [-0.15, -0.1) is 0 Å². The third-order valence-electron chi connectivity index (χ3n) is 1.16. The molecule has 0 aliphatic heterocycles. The maximum Gasteiger partial charge on any atom is 0.214 e. The van der Waals surface area contributed by atoms with E-state index in [4.69, 9.17) is 15.3 Å². The maximum absolute atomic E-state index is 11.0. The second-order valence-corrected chi connectivity index (χ2v) is 3.92. The van der Waals surface area contributed by atoms with E-state index in [2.05, 4.69) is 0 Å². The Bertz CT molecular complexity index is 198. The van der Waals surface area contributed by atoms with Crippen LogP contribution in [0.3, 0.4) is 0 Å². The highest BCUT2D eigenvalue weighted by molar-refractivity contribution is 8.14. The third kappa shape index (κ3) is 5.81. The van der Waals surface area contributed by atoms with Crippen LogP contribution in [0.5, 0.6) is 0 Å². The highest BCUT2D eigenvalue weighted by atomic mass is 32.2. The molecule has 2 unspecified atom stereocenters. The molecule has 0 fully saturated rings. The summed E-state index contributed by atoms with van der Waals surface area (Å²) in [5.74, 6) is 0. The molecular formula is C8H14O4S. The van der Waals surface area contributed by atoms with Gasteiger partial charge in [0.05, 0.1) is 6.61 Å². The predicted octanol–water partition coefficient (Wildman–Crippen LogP) is -0.116. The summed E-state index contributed by atoms with van der Waals surface area (Å²) in [5, 5.41) is 26.1. The fourth-order valence-corrected chi connectivity index (χ4v) is 1.34. The number of allylic oxidation sites excluding steroid dienone is 1. The molecule has 76 valence electrons. The van der Waals surface area contributed by atoms with Crippen molar-refractivity contribution in [1.82, 2.24) is 0 Å². The molecule has 0 bridgehead atoms. The first-order chi connectivity index (χ1) is 5.97. The zero-order chi connectivity index (χ0) is 10.4. The Hall–Kier alpha value is -0.360. The van der Waals surface area contributed by atoms with Crippen LogP contribution in [0.1, 0.15) is 13.8 Å². The van der Waals surface area contributed by atoms with E-state index in [-0.39, 0.29) is 5.12 Å². The average molecular weight is 206 g/mol. The highest BCUT2D eigenvalue weighted by Gasteiger charge is 2.18. The Morgan fingerprint density at radius 3 is 2.38 bits per heavy atom. The molecule has 0 saturated carbocycles. The molecule has 3 N–H and O–H groups in total. The second kappa shape index (κ2) is 6.15. The molecule has 0 spiro atoms. The van der Waals surface area contributed by atoms with Gasteiger partial charge in [-0.2, -0.15) is 0 Å². The Balaban J connectivity index is 3.99. The van der Waals surface area contributed by atoms with E-state index in [0.717, 1.165) is 5.57 Å². The van der Waals surface area contributed by atoms with E-state index in [9.17, 15) is 4.79 Å². The summed E-state index contributed by atoms with van der Waals surface area (Å²) in [6.07, 6.45) is 0.0809. The van der Waals surface area contributed by atoms with Crippen LogP contribution in [0.25, 0.3) is 0 Å². The SMILES string of the molecule is CC(C)=CC(=O)SC(O)C(O)CO. The van der Waals surface area contributed by atoms with E-state index >= 15 is 0 Å². The number of rotatable bonds is 4. The number of hydrogen-bond donors (Lipinski definition) is 3. The molecule has 0 aromatic rings. The molecular weight excluding hydrogens is 192 g/mol. The standard InChI is InChI=1S/C8H14O4S/c1-5(2)3-7(11)13-8(12)6(10)4-9/h3,6,8-10,12H,4H2,1-2H3. The maximum atomic E-state index is 11.0. The number of aliphatic hydroxyl groups is 3. The number of carbonyl (C=O) groups is 1. The molecule has 0 aliphatic rings. The van der Waals surface area contributed by atoms with E-state index in [0.29, 0.717) is 11.8 Å². The van der Waals surface area contributed by atoms with Crippen molar-refractivity contribution in [2.75, 3.05) is 6.61 Å². The zero-order valence-electron chi connectivity index (χ0n) is 7.60. The lowest BCUT2D eigenvalue weighted by Gasteiger charge is -2.12.